The van der Waals surface area contributed by atoms with E-state index in [-0.39, 0.29) is 11.8 Å². The molecule has 0 N–H and O–H groups in total. The number of amidine groups is 1. The SMILES string of the molecule is CC1C(=O)N=C2C=CC(Br)=CN2C1=O. The third-order valence-electron chi connectivity index (χ3n) is 2.09. The number of halogens is 1. The van der Waals surface area contributed by atoms with E-state index in [1.54, 1.807) is 25.3 Å². The molecule has 4 nitrogen and oxygen atoms in total. The van der Waals surface area contributed by atoms with Gasteiger partial charge in [-0.05, 0) is 35.0 Å². The quantitative estimate of drug-likeness (QED) is 0.610. The number of carbonyl (C=O) groups excluding carboxylic acids is 2. The van der Waals surface area contributed by atoms with Gasteiger partial charge in [0.2, 0.25) is 5.91 Å². The molecule has 0 aromatic heterocycles. The van der Waals surface area contributed by atoms with Crippen LogP contribution in [-0.2, 0) is 9.59 Å². The van der Waals surface area contributed by atoms with Crippen LogP contribution in [0.2, 0.25) is 0 Å². The van der Waals surface area contributed by atoms with Crippen LogP contribution >= 0.6 is 15.9 Å². The van der Waals surface area contributed by atoms with Crippen molar-refractivity contribution in [3.05, 3.63) is 22.8 Å². The van der Waals surface area contributed by atoms with Gasteiger partial charge in [0.1, 0.15) is 11.8 Å². The molecular weight excluding hydrogens is 248 g/mol. The van der Waals surface area contributed by atoms with Crippen molar-refractivity contribution in [1.82, 2.24) is 4.90 Å². The van der Waals surface area contributed by atoms with Crippen LogP contribution in [0.1, 0.15) is 6.92 Å². The van der Waals surface area contributed by atoms with E-state index in [9.17, 15) is 9.59 Å². The largest absolute Gasteiger partial charge is 0.273 e. The van der Waals surface area contributed by atoms with Gasteiger partial charge in [-0.3, -0.25) is 14.5 Å². The van der Waals surface area contributed by atoms with Gasteiger partial charge in [-0.2, -0.15) is 4.99 Å². The lowest BCUT2D eigenvalue weighted by Crippen LogP contribution is -2.43. The lowest BCUT2D eigenvalue weighted by atomic mass is 10.1. The summed E-state index contributed by atoms with van der Waals surface area (Å²) < 4.78 is 0.784. The Morgan fingerprint density at radius 1 is 1.43 bits per heavy atom. The highest BCUT2D eigenvalue weighted by atomic mass is 79.9. The van der Waals surface area contributed by atoms with Gasteiger partial charge < -0.3 is 0 Å². The van der Waals surface area contributed by atoms with E-state index in [1.807, 2.05) is 0 Å². The van der Waals surface area contributed by atoms with E-state index in [0.717, 1.165) is 4.48 Å². The van der Waals surface area contributed by atoms with Crippen LogP contribution in [0.25, 0.3) is 0 Å². The fraction of sp³-hybridized carbons (Fsp3) is 0.222. The molecule has 1 unspecified atom stereocenters. The molecule has 0 saturated heterocycles. The molecule has 2 aliphatic rings. The van der Waals surface area contributed by atoms with Gasteiger partial charge in [0.15, 0.2) is 0 Å². The summed E-state index contributed by atoms with van der Waals surface area (Å²) in [5.74, 6) is -0.901. The van der Waals surface area contributed by atoms with Crippen molar-refractivity contribution in [2.45, 2.75) is 6.92 Å². The van der Waals surface area contributed by atoms with Crippen LogP contribution in [-0.4, -0.2) is 22.5 Å². The molecule has 14 heavy (non-hydrogen) atoms. The molecule has 72 valence electrons. The number of hydrogen-bond donors (Lipinski definition) is 0. The standard InChI is InChI=1S/C9H7BrN2O2/c1-5-8(13)11-7-3-2-6(10)4-12(7)9(5)14/h2-5H,1H3. The molecule has 0 spiro atoms. The minimum absolute atomic E-state index is 0.235. The Morgan fingerprint density at radius 2 is 2.14 bits per heavy atom. The third kappa shape index (κ3) is 1.33. The van der Waals surface area contributed by atoms with Gasteiger partial charge in [-0.1, -0.05) is 0 Å². The fourth-order valence-electron chi connectivity index (χ4n) is 1.26. The van der Waals surface area contributed by atoms with Crippen molar-refractivity contribution in [3.8, 4) is 0 Å². The molecule has 0 fully saturated rings. The Bertz CT molecular complexity index is 409. The number of fused-ring (bicyclic) bond motifs is 1. The number of allylic oxidation sites excluding steroid dienone is 2. The van der Waals surface area contributed by atoms with Crippen molar-refractivity contribution in [2.24, 2.45) is 10.9 Å². The topological polar surface area (TPSA) is 49.7 Å². The summed E-state index contributed by atoms with van der Waals surface area (Å²) >= 11 is 3.25. The number of rotatable bonds is 0. The van der Waals surface area contributed by atoms with E-state index in [2.05, 4.69) is 20.9 Å². The molecule has 0 saturated carbocycles. The lowest BCUT2D eigenvalue weighted by Gasteiger charge is -2.27. The number of nitrogens with zero attached hydrogens (tertiary/aromatic N) is 2. The Hall–Kier alpha value is -1.23. The second-order valence-electron chi connectivity index (χ2n) is 3.09. The van der Waals surface area contributed by atoms with Crippen molar-refractivity contribution >= 4 is 33.6 Å². The van der Waals surface area contributed by atoms with Crippen LogP contribution < -0.4 is 0 Å². The zero-order valence-electron chi connectivity index (χ0n) is 7.40. The maximum absolute atomic E-state index is 11.6. The monoisotopic (exact) mass is 254 g/mol. The lowest BCUT2D eigenvalue weighted by molar-refractivity contribution is -0.137. The van der Waals surface area contributed by atoms with Crippen LogP contribution in [0, 0.1) is 5.92 Å². The van der Waals surface area contributed by atoms with E-state index < -0.39 is 5.92 Å². The highest BCUT2D eigenvalue weighted by molar-refractivity contribution is 9.11. The van der Waals surface area contributed by atoms with E-state index in [0.29, 0.717) is 5.84 Å². The molecule has 0 radical (unpaired) electrons. The maximum atomic E-state index is 11.6. The summed E-state index contributed by atoms with van der Waals surface area (Å²) in [6.07, 6.45) is 4.99. The van der Waals surface area contributed by atoms with E-state index in [1.165, 1.54) is 4.90 Å². The van der Waals surface area contributed by atoms with Gasteiger partial charge in [0.25, 0.3) is 5.91 Å². The molecule has 2 heterocycles. The summed E-state index contributed by atoms with van der Waals surface area (Å²) in [6, 6.07) is 0. The predicted molar refractivity (Wildman–Crippen MR) is 54.6 cm³/mol. The van der Waals surface area contributed by atoms with Crippen molar-refractivity contribution in [3.63, 3.8) is 0 Å². The molecule has 5 heteroatoms. The highest BCUT2D eigenvalue weighted by Gasteiger charge is 2.33. The molecule has 0 bridgehead atoms. The van der Waals surface area contributed by atoms with Gasteiger partial charge in [0, 0.05) is 10.7 Å². The van der Waals surface area contributed by atoms with Gasteiger partial charge in [-0.25, -0.2) is 0 Å². The number of aliphatic imine (C=N–C) groups is 1. The summed E-state index contributed by atoms with van der Waals surface area (Å²) in [4.78, 5) is 28.1. The Kier molecular flexibility index (Phi) is 2.11. The Labute approximate surface area is 89.1 Å². The first-order chi connectivity index (χ1) is 6.59. The van der Waals surface area contributed by atoms with Crippen LogP contribution in [0.5, 0.6) is 0 Å². The van der Waals surface area contributed by atoms with Crippen molar-refractivity contribution in [2.75, 3.05) is 0 Å². The van der Waals surface area contributed by atoms with Gasteiger partial charge in [0.05, 0.1) is 0 Å². The summed E-state index contributed by atoms with van der Waals surface area (Å²) in [5, 5.41) is 0. The third-order valence-corrected chi connectivity index (χ3v) is 2.56. The first-order valence-electron chi connectivity index (χ1n) is 4.10. The summed E-state index contributed by atoms with van der Waals surface area (Å²) in [6.45, 7) is 1.56. The van der Waals surface area contributed by atoms with E-state index >= 15 is 0 Å². The number of amides is 2. The molecule has 0 aromatic rings. The molecule has 2 aliphatic heterocycles. The molecule has 0 aromatic carbocycles. The minimum Gasteiger partial charge on any atom is -0.273 e. The summed E-state index contributed by atoms with van der Waals surface area (Å²) in [5.41, 5.74) is 0. The minimum atomic E-state index is -0.679. The Balaban J connectivity index is 2.47. The smallest absolute Gasteiger partial charge is 0.259 e. The van der Waals surface area contributed by atoms with Crippen LogP contribution in [0.3, 0.4) is 0 Å². The second-order valence-corrected chi connectivity index (χ2v) is 4.00. The van der Waals surface area contributed by atoms with Crippen LogP contribution in [0.15, 0.2) is 27.8 Å². The zero-order chi connectivity index (χ0) is 10.3. The van der Waals surface area contributed by atoms with Gasteiger partial charge in [-0.15, -0.1) is 0 Å². The van der Waals surface area contributed by atoms with E-state index in [4.69, 9.17) is 0 Å². The molecule has 2 rings (SSSR count). The molecule has 2 amide bonds. The first kappa shape index (κ1) is 9.33. The molecular formula is C9H7BrN2O2. The van der Waals surface area contributed by atoms with Crippen molar-refractivity contribution in [1.29, 1.82) is 0 Å². The average molecular weight is 255 g/mol. The molecule has 1 atom stereocenters. The fourth-order valence-corrected chi connectivity index (χ4v) is 1.60. The maximum Gasteiger partial charge on any atom is 0.259 e. The summed E-state index contributed by atoms with van der Waals surface area (Å²) in [7, 11) is 0. The normalized spacial score (nSPS) is 25.9. The second kappa shape index (κ2) is 3.16. The number of carbonyl (C=O) groups is 2. The Morgan fingerprint density at radius 3 is 2.86 bits per heavy atom. The average Bonchev–Trinajstić information content (AvgIpc) is 2.16. The number of hydrogen-bond acceptors (Lipinski definition) is 2. The highest BCUT2D eigenvalue weighted by Crippen LogP contribution is 2.21. The zero-order valence-corrected chi connectivity index (χ0v) is 8.98. The van der Waals surface area contributed by atoms with Crippen LogP contribution in [0.4, 0.5) is 0 Å². The molecule has 0 aliphatic carbocycles. The predicted octanol–water partition coefficient (Wildman–Crippen LogP) is 1.20. The van der Waals surface area contributed by atoms with Gasteiger partial charge >= 0.3 is 0 Å². The first-order valence-corrected chi connectivity index (χ1v) is 4.90. The van der Waals surface area contributed by atoms with Crippen molar-refractivity contribution < 1.29 is 9.59 Å².